The van der Waals surface area contributed by atoms with E-state index >= 15 is 0 Å². The van der Waals surface area contributed by atoms with Gasteiger partial charge in [0.05, 0.1) is 26.5 Å². The number of nitrogens with zero attached hydrogens (tertiary/aromatic N) is 1. The lowest BCUT2D eigenvalue weighted by Gasteiger charge is -2.12. The molecular formula is C12H16BrN3O2. The Kier molecular flexibility index (Phi) is 5.51. The molecule has 0 aliphatic carbocycles. The molecule has 1 aromatic carbocycles. The van der Waals surface area contributed by atoms with Crippen molar-refractivity contribution < 1.29 is 9.47 Å². The first kappa shape index (κ1) is 14.4. The number of guanidine groups is 1. The number of methoxy groups -OCH3 is 2. The summed E-state index contributed by atoms with van der Waals surface area (Å²) >= 11 is 3.21. The molecule has 0 aliphatic rings. The number of halogens is 1. The average molecular weight is 314 g/mol. The molecule has 5 nitrogen and oxygen atoms in total. The van der Waals surface area contributed by atoms with E-state index in [1.54, 1.807) is 32.4 Å². The number of benzene rings is 1. The fourth-order valence-corrected chi connectivity index (χ4v) is 1.39. The van der Waals surface area contributed by atoms with E-state index in [9.17, 15) is 0 Å². The van der Waals surface area contributed by atoms with Crippen LogP contribution < -0.4 is 20.5 Å². The van der Waals surface area contributed by atoms with Crippen molar-refractivity contribution in [1.82, 2.24) is 0 Å². The Morgan fingerprint density at radius 2 is 2.17 bits per heavy atom. The molecule has 0 spiro atoms. The number of aliphatic imine (C=N–C) groups is 1. The molecule has 0 bridgehead atoms. The van der Waals surface area contributed by atoms with Crippen molar-refractivity contribution in [2.75, 3.05) is 26.1 Å². The smallest absolute Gasteiger partial charge is 0.193 e. The molecule has 0 fully saturated rings. The Labute approximate surface area is 115 Å². The van der Waals surface area contributed by atoms with E-state index in [4.69, 9.17) is 15.2 Å². The molecule has 98 valence electrons. The largest absolute Gasteiger partial charge is 0.497 e. The minimum Gasteiger partial charge on any atom is -0.497 e. The van der Waals surface area contributed by atoms with Crippen molar-refractivity contribution in [1.29, 1.82) is 0 Å². The predicted octanol–water partition coefficient (Wildman–Crippen LogP) is 2.34. The standard InChI is InChI=1S/C12H16BrN3O2/c1-8(13)7-15-12(14)16-10-6-9(17-2)4-5-11(10)18-3/h4-6H,1,7H2,2-3H3,(H3,14,15,16). The summed E-state index contributed by atoms with van der Waals surface area (Å²) < 4.78 is 11.1. The van der Waals surface area contributed by atoms with Gasteiger partial charge in [-0.1, -0.05) is 22.5 Å². The van der Waals surface area contributed by atoms with Crippen LogP contribution in [-0.4, -0.2) is 26.7 Å². The molecule has 1 aromatic rings. The van der Waals surface area contributed by atoms with Crippen molar-refractivity contribution in [3.63, 3.8) is 0 Å². The molecule has 0 heterocycles. The first-order valence-corrected chi connectivity index (χ1v) is 5.98. The van der Waals surface area contributed by atoms with Gasteiger partial charge in [0.1, 0.15) is 11.5 Å². The fraction of sp³-hybridized carbons (Fsp3) is 0.250. The Morgan fingerprint density at radius 1 is 1.44 bits per heavy atom. The normalized spacial score (nSPS) is 10.9. The highest BCUT2D eigenvalue weighted by molar-refractivity contribution is 9.11. The van der Waals surface area contributed by atoms with Crippen LogP contribution in [0.5, 0.6) is 11.5 Å². The van der Waals surface area contributed by atoms with Gasteiger partial charge >= 0.3 is 0 Å². The Morgan fingerprint density at radius 3 is 2.72 bits per heavy atom. The van der Waals surface area contributed by atoms with Crippen LogP contribution in [0.15, 0.2) is 34.3 Å². The number of nitrogens with two attached hydrogens (primary N) is 1. The monoisotopic (exact) mass is 313 g/mol. The molecule has 0 radical (unpaired) electrons. The van der Waals surface area contributed by atoms with Crippen molar-refractivity contribution in [3.05, 3.63) is 29.3 Å². The van der Waals surface area contributed by atoms with Gasteiger partial charge in [-0.2, -0.15) is 0 Å². The summed E-state index contributed by atoms with van der Waals surface area (Å²) in [5.74, 6) is 1.64. The van der Waals surface area contributed by atoms with E-state index in [-0.39, 0.29) is 5.96 Å². The van der Waals surface area contributed by atoms with Gasteiger partial charge in [-0.05, 0) is 12.1 Å². The number of hydrogen-bond donors (Lipinski definition) is 2. The molecule has 0 aromatic heterocycles. The molecule has 0 aliphatic heterocycles. The summed E-state index contributed by atoms with van der Waals surface area (Å²) in [6.07, 6.45) is 0. The summed E-state index contributed by atoms with van der Waals surface area (Å²) in [5.41, 5.74) is 6.44. The van der Waals surface area contributed by atoms with E-state index < -0.39 is 0 Å². The molecular weight excluding hydrogens is 298 g/mol. The summed E-state index contributed by atoms with van der Waals surface area (Å²) in [6, 6.07) is 5.37. The second kappa shape index (κ2) is 6.90. The summed E-state index contributed by atoms with van der Waals surface area (Å²) in [6.45, 7) is 4.08. The maximum Gasteiger partial charge on any atom is 0.193 e. The van der Waals surface area contributed by atoms with Crippen molar-refractivity contribution in [3.8, 4) is 11.5 Å². The number of hydrogen-bond acceptors (Lipinski definition) is 3. The zero-order valence-electron chi connectivity index (χ0n) is 10.4. The van der Waals surface area contributed by atoms with Crippen LogP contribution in [0.25, 0.3) is 0 Å². The molecule has 0 unspecified atom stereocenters. The first-order valence-electron chi connectivity index (χ1n) is 5.19. The van der Waals surface area contributed by atoms with Gasteiger partial charge in [-0.15, -0.1) is 0 Å². The maximum atomic E-state index is 5.75. The second-order valence-electron chi connectivity index (χ2n) is 3.41. The molecule has 0 saturated heterocycles. The van der Waals surface area contributed by atoms with Crippen molar-refractivity contribution in [2.45, 2.75) is 0 Å². The Hall–Kier alpha value is -1.69. The third-order valence-corrected chi connectivity index (χ3v) is 2.34. The lowest BCUT2D eigenvalue weighted by Crippen LogP contribution is -2.23. The van der Waals surface area contributed by atoms with Crippen LogP contribution >= 0.6 is 15.9 Å². The summed E-state index contributed by atoms with van der Waals surface area (Å²) in [5, 5.41) is 2.95. The van der Waals surface area contributed by atoms with Gasteiger partial charge < -0.3 is 20.5 Å². The second-order valence-corrected chi connectivity index (χ2v) is 4.53. The van der Waals surface area contributed by atoms with E-state index in [0.29, 0.717) is 23.7 Å². The molecule has 18 heavy (non-hydrogen) atoms. The van der Waals surface area contributed by atoms with Crippen molar-refractivity contribution in [2.24, 2.45) is 10.7 Å². The van der Waals surface area contributed by atoms with E-state index in [1.165, 1.54) is 0 Å². The zero-order chi connectivity index (χ0) is 13.5. The quantitative estimate of drug-likeness (QED) is 0.646. The number of rotatable bonds is 5. The number of nitrogens with one attached hydrogen (secondary N) is 1. The SMILES string of the molecule is C=C(Br)CN=C(N)Nc1cc(OC)ccc1OC. The maximum absolute atomic E-state index is 5.75. The topological polar surface area (TPSA) is 68.9 Å². The molecule has 1 rings (SSSR count). The minimum absolute atomic E-state index is 0.280. The van der Waals surface area contributed by atoms with Crippen LogP contribution in [0, 0.1) is 0 Å². The molecule has 0 amide bonds. The third-order valence-electron chi connectivity index (χ3n) is 2.09. The Bertz CT molecular complexity index is 461. The first-order chi connectivity index (χ1) is 8.56. The van der Waals surface area contributed by atoms with E-state index in [2.05, 4.69) is 32.8 Å². The van der Waals surface area contributed by atoms with Gasteiger partial charge in [-0.3, -0.25) is 0 Å². The Balaban J connectivity index is 2.87. The molecule has 6 heteroatoms. The summed E-state index contributed by atoms with van der Waals surface area (Å²) in [4.78, 5) is 4.09. The molecule has 0 saturated carbocycles. The van der Waals surface area contributed by atoms with Crippen LogP contribution in [0.4, 0.5) is 5.69 Å². The van der Waals surface area contributed by atoms with E-state index in [0.717, 1.165) is 4.48 Å². The number of ether oxygens (including phenoxy) is 2. The van der Waals surface area contributed by atoms with Crippen LogP contribution in [0.3, 0.4) is 0 Å². The van der Waals surface area contributed by atoms with Gasteiger partial charge in [0.25, 0.3) is 0 Å². The summed E-state index contributed by atoms with van der Waals surface area (Å²) in [7, 11) is 3.18. The molecule has 3 N–H and O–H groups in total. The van der Waals surface area contributed by atoms with Crippen LogP contribution in [0.1, 0.15) is 0 Å². The lowest BCUT2D eigenvalue weighted by atomic mass is 10.2. The number of anilines is 1. The average Bonchev–Trinajstić information content (AvgIpc) is 2.36. The predicted molar refractivity (Wildman–Crippen MR) is 77.7 cm³/mol. The van der Waals surface area contributed by atoms with Gasteiger partial charge in [0.2, 0.25) is 0 Å². The molecule has 0 atom stereocenters. The highest BCUT2D eigenvalue weighted by Crippen LogP contribution is 2.28. The van der Waals surface area contributed by atoms with Gasteiger partial charge in [-0.25, -0.2) is 4.99 Å². The lowest BCUT2D eigenvalue weighted by molar-refractivity contribution is 0.405. The fourth-order valence-electron chi connectivity index (χ4n) is 1.26. The van der Waals surface area contributed by atoms with E-state index in [1.807, 2.05) is 0 Å². The third kappa shape index (κ3) is 4.29. The van der Waals surface area contributed by atoms with Crippen molar-refractivity contribution >= 4 is 27.6 Å². The highest BCUT2D eigenvalue weighted by atomic mass is 79.9. The van der Waals surface area contributed by atoms with Gasteiger partial charge in [0, 0.05) is 10.5 Å². The zero-order valence-corrected chi connectivity index (χ0v) is 12.0. The van der Waals surface area contributed by atoms with Crippen LogP contribution in [-0.2, 0) is 0 Å². The minimum atomic E-state index is 0.280. The van der Waals surface area contributed by atoms with Crippen LogP contribution in [0.2, 0.25) is 0 Å². The highest BCUT2D eigenvalue weighted by Gasteiger charge is 2.05. The van der Waals surface area contributed by atoms with Gasteiger partial charge in [0.15, 0.2) is 5.96 Å².